The van der Waals surface area contributed by atoms with Gasteiger partial charge >= 0.3 is 0 Å². The highest BCUT2D eigenvalue weighted by molar-refractivity contribution is 5.92. The molecule has 1 fully saturated rings. The highest BCUT2D eigenvalue weighted by Gasteiger charge is 2.16. The van der Waals surface area contributed by atoms with E-state index in [4.69, 9.17) is 4.74 Å². The molecule has 2 rings (SSSR count). The fourth-order valence-corrected chi connectivity index (χ4v) is 1.93. The van der Waals surface area contributed by atoms with Crippen LogP contribution in [0.1, 0.15) is 23.3 Å². The lowest BCUT2D eigenvalue weighted by Gasteiger charge is -2.10. The predicted molar refractivity (Wildman–Crippen MR) is 74.2 cm³/mol. The van der Waals surface area contributed by atoms with Crippen LogP contribution in [0, 0.1) is 0 Å². The number of nitrogens with one attached hydrogen (secondary N) is 2. The summed E-state index contributed by atoms with van der Waals surface area (Å²) in [5.74, 6) is -0.161. The molecule has 0 radical (unpaired) electrons. The number of carbonyl (C=O) groups is 1. The van der Waals surface area contributed by atoms with Gasteiger partial charge in [0, 0.05) is 19.7 Å². The van der Waals surface area contributed by atoms with Crippen molar-refractivity contribution in [2.24, 2.45) is 0 Å². The van der Waals surface area contributed by atoms with Gasteiger partial charge in [0.25, 0.3) is 5.91 Å². The van der Waals surface area contributed by atoms with E-state index in [2.05, 4.69) is 22.2 Å². The van der Waals surface area contributed by atoms with Gasteiger partial charge in [0.2, 0.25) is 0 Å². The Morgan fingerprint density at radius 1 is 1.58 bits per heavy atom. The number of ether oxygens (including phenoxy) is 1. The zero-order valence-electron chi connectivity index (χ0n) is 10.9. The maximum atomic E-state index is 11.9. The van der Waals surface area contributed by atoms with Crippen LogP contribution in [0.15, 0.2) is 31.0 Å². The van der Waals surface area contributed by atoms with Crippen molar-refractivity contribution in [1.82, 2.24) is 10.3 Å². The Balaban J connectivity index is 1.82. The Morgan fingerprint density at radius 2 is 2.47 bits per heavy atom. The van der Waals surface area contributed by atoms with E-state index in [1.54, 1.807) is 18.3 Å². The first-order chi connectivity index (χ1) is 9.29. The molecular weight excluding hydrogens is 242 g/mol. The highest BCUT2D eigenvalue weighted by atomic mass is 16.5. The fourth-order valence-electron chi connectivity index (χ4n) is 1.93. The third-order valence-corrected chi connectivity index (χ3v) is 2.96. The van der Waals surface area contributed by atoms with Crippen molar-refractivity contribution >= 4 is 11.6 Å². The Morgan fingerprint density at radius 3 is 3.11 bits per heavy atom. The largest absolute Gasteiger partial charge is 0.380 e. The summed E-state index contributed by atoms with van der Waals surface area (Å²) in [6.45, 7) is 5.64. The molecule has 19 heavy (non-hydrogen) atoms. The highest BCUT2D eigenvalue weighted by Crippen LogP contribution is 2.11. The smallest absolute Gasteiger partial charge is 0.269 e. The van der Waals surface area contributed by atoms with Gasteiger partial charge in [-0.05, 0) is 25.0 Å². The summed E-state index contributed by atoms with van der Waals surface area (Å²) < 4.78 is 5.45. The Bertz CT molecular complexity index is 425. The zero-order valence-corrected chi connectivity index (χ0v) is 10.9. The molecule has 1 atom stereocenters. The van der Waals surface area contributed by atoms with Crippen LogP contribution < -0.4 is 10.6 Å². The molecule has 1 aromatic rings. The lowest BCUT2D eigenvalue weighted by molar-refractivity contribution is 0.0854. The molecule has 1 aliphatic heterocycles. The second kappa shape index (κ2) is 6.89. The summed E-state index contributed by atoms with van der Waals surface area (Å²) in [7, 11) is 0. The molecule has 5 nitrogen and oxygen atoms in total. The van der Waals surface area contributed by atoms with Gasteiger partial charge in [-0.1, -0.05) is 6.08 Å². The van der Waals surface area contributed by atoms with Crippen LogP contribution >= 0.6 is 0 Å². The fraction of sp³-hybridized carbons (Fsp3) is 0.429. The third-order valence-electron chi connectivity index (χ3n) is 2.96. The van der Waals surface area contributed by atoms with E-state index in [9.17, 15) is 4.79 Å². The molecule has 1 aliphatic rings. The second-order valence-corrected chi connectivity index (χ2v) is 4.45. The average Bonchev–Trinajstić information content (AvgIpc) is 2.96. The summed E-state index contributed by atoms with van der Waals surface area (Å²) >= 11 is 0. The van der Waals surface area contributed by atoms with Crippen LogP contribution in [-0.4, -0.2) is 36.7 Å². The number of hydrogen-bond acceptors (Lipinski definition) is 4. The molecule has 5 heteroatoms. The van der Waals surface area contributed by atoms with Gasteiger partial charge in [-0.2, -0.15) is 0 Å². The monoisotopic (exact) mass is 261 g/mol. The molecule has 1 amide bonds. The van der Waals surface area contributed by atoms with Crippen LogP contribution in [0.25, 0.3) is 0 Å². The number of carbonyl (C=O) groups excluding carboxylic acids is 1. The maximum absolute atomic E-state index is 11.9. The SMILES string of the molecule is C=CCNc1ccc(C(=O)NCC2CCCO2)nc1. The van der Waals surface area contributed by atoms with Crippen LogP contribution in [0.3, 0.4) is 0 Å². The van der Waals surface area contributed by atoms with Gasteiger partial charge in [0.05, 0.1) is 18.0 Å². The standard InChI is InChI=1S/C14H19N3O2/c1-2-7-15-11-5-6-13(16-9-11)14(18)17-10-12-4-3-8-19-12/h2,5-6,9,12,15H,1,3-4,7-8,10H2,(H,17,18). The Labute approximate surface area is 113 Å². The number of amides is 1. The first-order valence-corrected chi connectivity index (χ1v) is 6.50. The predicted octanol–water partition coefficient (Wildman–Crippen LogP) is 1.59. The molecule has 0 spiro atoms. The molecule has 0 aromatic carbocycles. The molecular formula is C14H19N3O2. The molecule has 2 heterocycles. The number of nitrogens with zero attached hydrogens (tertiary/aromatic N) is 1. The summed E-state index contributed by atoms with van der Waals surface area (Å²) in [5.41, 5.74) is 1.29. The first kappa shape index (κ1) is 13.5. The third kappa shape index (κ3) is 4.06. The first-order valence-electron chi connectivity index (χ1n) is 6.50. The van der Waals surface area contributed by atoms with Gasteiger partial charge in [-0.25, -0.2) is 4.98 Å². The minimum absolute atomic E-state index is 0.150. The number of hydrogen-bond donors (Lipinski definition) is 2. The molecule has 2 N–H and O–H groups in total. The molecule has 1 saturated heterocycles. The van der Waals surface area contributed by atoms with E-state index < -0.39 is 0 Å². The molecule has 0 aliphatic carbocycles. The van der Waals surface area contributed by atoms with E-state index in [1.807, 2.05) is 6.07 Å². The number of anilines is 1. The van der Waals surface area contributed by atoms with Crippen molar-refractivity contribution in [2.75, 3.05) is 25.0 Å². The van der Waals surface area contributed by atoms with E-state index in [-0.39, 0.29) is 12.0 Å². The quantitative estimate of drug-likeness (QED) is 0.763. The van der Waals surface area contributed by atoms with E-state index in [0.717, 1.165) is 25.1 Å². The van der Waals surface area contributed by atoms with Crippen LogP contribution in [0.4, 0.5) is 5.69 Å². The number of pyridine rings is 1. The van der Waals surface area contributed by atoms with Gasteiger partial charge in [-0.15, -0.1) is 6.58 Å². The van der Waals surface area contributed by atoms with E-state index >= 15 is 0 Å². The number of aromatic nitrogens is 1. The van der Waals surface area contributed by atoms with Gasteiger partial charge in [0.1, 0.15) is 5.69 Å². The average molecular weight is 261 g/mol. The Kier molecular flexibility index (Phi) is 4.92. The number of rotatable bonds is 6. The van der Waals surface area contributed by atoms with E-state index in [0.29, 0.717) is 18.8 Å². The minimum Gasteiger partial charge on any atom is -0.380 e. The normalized spacial score (nSPS) is 18.0. The minimum atomic E-state index is -0.161. The van der Waals surface area contributed by atoms with Crippen LogP contribution in [0.2, 0.25) is 0 Å². The summed E-state index contributed by atoms with van der Waals surface area (Å²) in [6, 6.07) is 3.54. The van der Waals surface area contributed by atoms with Crippen molar-refractivity contribution in [1.29, 1.82) is 0 Å². The van der Waals surface area contributed by atoms with Crippen LogP contribution in [-0.2, 0) is 4.74 Å². The van der Waals surface area contributed by atoms with Crippen molar-refractivity contribution in [2.45, 2.75) is 18.9 Å². The molecule has 0 saturated carbocycles. The van der Waals surface area contributed by atoms with Crippen molar-refractivity contribution in [3.63, 3.8) is 0 Å². The lowest BCUT2D eigenvalue weighted by Crippen LogP contribution is -2.32. The van der Waals surface area contributed by atoms with Gasteiger partial charge < -0.3 is 15.4 Å². The molecule has 1 unspecified atom stereocenters. The van der Waals surface area contributed by atoms with Crippen molar-refractivity contribution in [3.05, 3.63) is 36.7 Å². The summed E-state index contributed by atoms with van der Waals surface area (Å²) in [6.07, 6.45) is 5.64. The summed E-state index contributed by atoms with van der Waals surface area (Å²) in [4.78, 5) is 16.0. The van der Waals surface area contributed by atoms with Gasteiger partial charge in [0.15, 0.2) is 0 Å². The van der Waals surface area contributed by atoms with Crippen molar-refractivity contribution in [3.8, 4) is 0 Å². The van der Waals surface area contributed by atoms with E-state index in [1.165, 1.54) is 0 Å². The lowest BCUT2D eigenvalue weighted by atomic mass is 10.2. The topological polar surface area (TPSA) is 63.2 Å². The maximum Gasteiger partial charge on any atom is 0.269 e. The summed E-state index contributed by atoms with van der Waals surface area (Å²) in [5, 5.41) is 5.95. The van der Waals surface area contributed by atoms with Crippen molar-refractivity contribution < 1.29 is 9.53 Å². The van der Waals surface area contributed by atoms with Gasteiger partial charge in [-0.3, -0.25) is 4.79 Å². The molecule has 102 valence electrons. The van der Waals surface area contributed by atoms with Crippen LogP contribution in [0.5, 0.6) is 0 Å². The molecule has 1 aromatic heterocycles. The Hall–Kier alpha value is -1.88. The zero-order chi connectivity index (χ0) is 13.5. The second-order valence-electron chi connectivity index (χ2n) is 4.45. The molecule has 0 bridgehead atoms.